The lowest BCUT2D eigenvalue weighted by molar-refractivity contribution is -0.384. The quantitative estimate of drug-likeness (QED) is 0.489. The average Bonchev–Trinajstić information content (AvgIpc) is 2.83. The SMILES string of the molecule is O=[N+]([O-])c1cc(CCl)ccc1N1CCCN2CCCC2C1. The van der Waals surface area contributed by atoms with Gasteiger partial charge in [-0.3, -0.25) is 15.0 Å². The molecule has 0 saturated carbocycles. The number of rotatable bonds is 3. The fraction of sp³-hybridized carbons (Fsp3) is 0.600. The van der Waals surface area contributed by atoms with Gasteiger partial charge in [-0.15, -0.1) is 11.6 Å². The Kier molecular flexibility index (Phi) is 4.31. The van der Waals surface area contributed by atoms with Gasteiger partial charge in [-0.1, -0.05) is 6.07 Å². The van der Waals surface area contributed by atoms with Gasteiger partial charge in [0.25, 0.3) is 5.69 Å². The monoisotopic (exact) mass is 309 g/mol. The van der Waals surface area contributed by atoms with E-state index in [0.29, 0.717) is 11.9 Å². The van der Waals surface area contributed by atoms with Crippen LogP contribution in [0, 0.1) is 10.1 Å². The van der Waals surface area contributed by atoms with Crippen molar-refractivity contribution in [1.82, 2.24) is 4.90 Å². The molecule has 0 radical (unpaired) electrons. The normalized spacial score (nSPS) is 22.9. The van der Waals surface area contributed by atoms with Crippen LogP contribution in [0.25, 0.3) is 0 Å². The van der Waals surface area contributed by atoms with Crippen molar-refractivity contribution >= 4 is 23.0 Å². The molecular weight excluding hydrogens is 290 g/mol. The molecule has 5 nitrogen and oxygen atoms in total. The number of nitro groups is 1. The maximum absolute atomic E-state index is 11.4. The fourth-order valence-electron chi connectivity index (χ4n) is 3.49. The Morgan fingerprint density at radius 1 is 1.29 bits per heavy atom. The number of alkyl halides is 1. The summed E-state index contributed by atoms with van der Waals surface area (Å²) in [7, 11) is 0. The lowest BCUT2D eigenvalue weighted by Crippen LogP contribution is -2.36. The summed E-state index contributed by atoms with van der Waals surface area (Å²) >= 11 is 5.80. The summed E-state index contributed by atoms with van der Waals surface area (Å²) in [6, 6.07) is 5.91. The van der Waals surface area contributed by atoms with Crippen LogP contribution in [-0.2, 0) is 5.88 Å². The van der Waals surface area contributed by atoms with Crippen LogP contribution in [0.2, 0.25) is 0 Å². The molecule has 6 heteroatoms. The van der Waals surface area contributed by atoms with Gasteiger partial charge in [0, 0.05) is 37.6 Å². The zero-order valence-electron chi connectivity index (χ0n) is 12.0. The molecule has 0 bridgehead atoms. The second kappa shape index (κ2) is 6.20. The van der Waals surface area contributed by atoms with Crippen LogP contribution < -0.4 is 4.90 Å². The van der Waals surface area contributed by atoms with Crippen molar-refractivity contribution < 1.29 is 4.92 Å². The van der Waals surface area contributed by atoms with Crippen molar-refractivity contribution in [3.63, 3.8) is 0 Å². The minimum absolute atomic E-state index is 0.180. The van der Waals surface area contributed by atoms with Crippen LogP contribution >= 0.6 is 11.6 Å². The van der Waals surface area contributed by atoms with Crippen molar-refractivity contribution in [2.24, 2.45) is 0 Å². The molecule has 21 heavy (non-hydrogen) atoms. The van der Waals surface area contributed by atoms with Gasteiger partial charge in [0.2, 0.25) is 0 Å². The van der Waals surface area contributed by atoms with E-state index in [1.54, 1.807) is 6.07 Å². The molecule has 1 atom stereocenters. The van der Waals surface area contributed by atoms with Crippen LogP contribution in [-0.4, -0.2) is 42.0 Å². The highest BCUT2D eigenvalue weighted by molar-refractivity contribution is 6.17. The molecule has 1 unspecified atom stereocenters. The van der Waals surface area contributed by atoms with Crippen molar-refractivity contribution in [2.75, 3.05) is 31.1 Å². The molecule has 2 aliphatic rings. The second-order valence-corrected chi connectivity index (χ2v) is 6.11. The van der Waals surface area contributed by atoms with Gasteiger partial charge in [-0.2, -0.15) is 0 Å². The molecule has 2 fully saturated rings. The van der Waals surface area contributed by atoms with E-state index in [4.69, 9.17) is 11.6 Å². The number of hydrogen-bond acceptors (Lipinski definition) is 4. The van der Waals surface area contributed by atoms with Crippen molar-refractivity contribution in [2.45, 2.75) is 31.2 Å². The van der Waals surface area contributed by atoms with E-state index in [1.165, 1.54) is 19.4 Å². The molecule has 0 amide bonds. The average molecular weight is 310 g/mol. The number of hydrogen-bond donors (Lipinski definition) is 0. The molecule has 114 valence electrons. The van der Waals surface area contributed by atoms with Crippen LogP contribution in [0.5, 0.6) is 0 Å². The standard InChI is InChI=1S/C15H20ClN3O2/c16-10-12-4-5-14(15(9-12)19(20)21)18-8-2-7-17-6-1-3-13(17)11-18/h4-5,9,13H,1-3,6-8,10-11H2. The summed E-state index contributed by atoms with van der Waals surface area (Å²) in [5.41, 5.74) is 1.71. The van der Waals surface area contributed by atoms with E-state index >= 15 is 0 Å². The minimum Gasteiger partial charge on any atom is -0.364 e. The third-order valence-corrected chi connectivity index (χ3v) is 4.84. The Morgan fingerprint density at radius 3 is 2.86 bits per heavy atom. The molecule has 0 N–H and O–H groups in total. The molecule has 0 spiro atoms. The Labute approximate surface area is 129 Å². The van der Waals surface area contributed by atoms with E-state index in [1.807, 2.05) is 12.1 Å². The lowest BCUT2D eigenvalue weighted by atomic mass is 10.1. The van der Waals surface area contributed by atoms with Gasteiger partial charge in [0.1, 0.15) is 5.69 Å². The van der Waals surface area contributed by atoms with E-state index in [2.05, 4.69) is 9.80 Å². The van der Waals surface area contributed by atoms with Crippen molar-refractivity contribution in [1.29, 1.82) is 0 Å². The minimum atomic E-state index is -0.289. The number of benzene rings is 1. The highest BCUT2D eigenvalue weighted by atomic mass is 35.5. The van der Waals surface area contributed by atoms with E-state index in [0.717, 1.165) is 37.3 Å². The molecule has 3 rings (SSSR count). The molecule has 0 aliphatic carbocycles. The number of nitrogens with zero attached hydrogens (tertiary/aromatic N) is 3. The van der Waals surface area contributed by atoms with Gasteiger partial charge in [0.05, 0.1) is 4.92 Å². The summed E-state index contributed by atoms with van der Waals surface area (Å²) in [5, 5.41) is 11.4. The van der Waals surface area contributed by atoms with Crippen LogP contribution in [0.3, 0.4) is 0 Å². The third kappa shape index (κ3) is 2.99. The summed E-state index contributed by atoms with van der Waals surface area (Å²) < 4.78 is 0. The third-order valence-electron chi connectivity index (χ3n) is 4.54. The number of halogens is 1. The van der Waals surface area contributed by atoms with E-state index in [9.17, 15) is 10.1 Å². The van der Waals surface area contributed by atoms with Gasteiger partial charge in [-0.05, 0) is 37.4 Å². The topological polar surface area (TPSA) is 49.6 Å². The van der Waals surface area contributed by atoms with E-state index in [-0.39, 0.29) is 10.6 Å². The number of fused-ring (bicyclic) bond motifs is 1. The molecule has 2 saturated heterocycles. The van der Waals surface area contributed by atoms with Gasteiger partial charge in [0.15, 0.2) is 0 Å². The zero-order chi connectivity index (χ0) is 14.8. The Morgan fingerprint density at radius 2 is 2.10 bits per heavy atom. The van der Waals surface area contributed by atoms with Crippen molar-refractivity contribution in [3.05, 3.63) is 33.9 Å². The van der Waals surface area contributed by atoms with Gasteiger partial charge in [-0.25, -0.2) is 0 Å². The summed E-state index contributed by atoms with van der Waals surface area (Å²) in [6.07, 6.45) is 3.50. The van der Waals surface area contributed by atoms with Gasteiger partial charge >= 0.3 is 0 Å². The van der Waals surface area contributed by atoms with Crippen LogP contribution in [0.15, 0.2) is 18.2 Å². The largest absolute Gasteiger partial charge is 0.364 e. The highest BCUT2D eigenvalue weighted by Gasteiger charge is 2.31. The lowest BCUT2D eigenvalue weighted by Gasteiger charge is -2.27. The Hall–Kier alpha value is -1.33. The molecule has 2 heterocycles. The zero-order valence-corrected chi connectivity index (χ0v) is 12.8. The molecule has 0 aromatic heterocycles. The summed E-state index contributed by atoms with van der Waals surface area (Å²) in [6.45, 7) is 4.05. The first-order valence-corrected chi connectivity index (χ1v) is 8.05. The smallest absolute Gasteiger partial charge is 0.292 e. The highest BCUT2D eigenvalue weighted by Crippen LogP contribution is 2.32. The summed E-state index contributed by atoms with van der Waals surface area (Å²) in [5.74, 6) is 0.303. The van der Waals surface area contributed by atoms with E-state index < -0.39 is 0 Å². The maximum atomic E-state index is 11.4. The first-order chi connectivity index (χ1) is 10.2. The molecule has 1 aromatic rings. The Balaban J connectivity index is 1.89. The predicted octanol–water partition coefficient (Wildman–Crippen LogP) is 3.01. The first-order valence-electron chi connectivity index (χ1n) is 7.51. The summed E-state index contributed by atoms with van der Waals surface area (Å²) in [4.78, 5) is 15.8. The molecule has 1 aromatic carbocycles. The fourth-order valence-corrected chi connectivity index (χ4v) is 3.66. The predicted molar refractivity (Wildman–Crippen MR) is 84.1 cm³/mol. The number of anilines is 1. The van der Waals surface area contributed by atoms with Crippen LogP contribution in [0.4, 0.5) is 11.4 Å². The molecular formula is C15H20ClN3O2. The van der Waals surface area contributed by atoms with Crippen LogP contribution in [0.1, 0.15) is 24.8 Å². The molecule has 2 aliphatic heterocycles. The van der Waals surface area contributed by atoms with Crippen molar-refractivity contribution in [3.8, 4) is 0 Å². The maximum Gasteiger partial charge on any atom is 0.292 e. The Bertz CT molecular complexity index is 538. The second-order valence-electron chi connectivity index (χ2n) is 5.85. The first kappa shape index (κ1) is 14.6. The number of nitro benzene ring substituents is 1. The van der Waals surface area contributed by atoms with Gasteiger partial charge < -0.3 is 4.90 Å².